The fourth-order valence-electron chi connectivity index (χ4n) is 2.54. The molecule has 0 spiro atoms. The monoisotopic (exact) mass is 311 g/mol. The molecular formula is C16H17N5S. The van der Waals surface area contributed by atoms with E-state index in [1.807, 2.05) is 23.0 Å². The van der Waals surface area contributed by atoms with Gasteiger partial charge in [-0.3, -0.25) is 0 Å². The predicted octanol–water partition coefficient (Wildman–Crippen LogP) is 3.77. The smallest absolute Gasteiger partial charge is 0.203 e. The molecule has 1 atom stereocenters. The van der Waals surface area contributed by atoms with E-state index in [1.54, 1.807) is 6.20 Å². The summed E-state index contributed by atoms with van der Waals surface area (Å²) in [6.07, 6.45) is 6.21. The maximum atomic E-state index is 4.60. The standard InChI is InChI=1S/C16H17N5S/c1-11(18-16-19-15(20-22-16)12-7-8-12)13-5-2-3-6-14(13)21-10-4-9-17-21/h2-6,9-12H,7-8H2,1H3,(H,18,19,20). The molecule has 1 N–H and O–H groups in total. The van der Waals surface area contributed by atoms with E-state index in [0.29, 0.717) is 5.92 Å². The summed E-state index contributed by atoms with van der Waals surface area (Å²) in [7, 11) is 0. The third kappa shape index (κ3) is 2.62. The van der Waals surface area contributed by atoms with Gasteiger partial charge in [-0.2, -0.15) is 9.47 Å². The fraction of sp³-hybridized carbons (Fsp3) is 0.312. The van der Waals surface area contributed by atoms with Gasteiger partial charge in [0.25, 0.3) is 0 Å². The lowest BCUT2D eigenvalue weighted by Gasteiger charge is -2.17. The zero-order chi connectivity index (χ0) is 14.9. The molecule has 3 aromatic rings. The van der Waals surface area contributed by atoms with Crippen LogP contribution < -0.4 is 5.32 Å². The van der Waals surface area contributed by atoms with E-state index in [4.69, 9.17) is 0 Å². The Bertz CT molecular complexity index is 760. The zero-order valence-electron chi connectivity index (χ0n) is 12.3. The topological polar surface area (TPSA) is 55.6 Å². The van der Waals surface area contributed by atoms with Crippen molar-refractivity contribution in [2.75, 3.05) is 5.32 Å². The molecule has 6 heteroatoms. The highest BCUT2D eigenvalue weighted by Crippen LogP contribution is 2.39. The molecular weight excluding hydrogens is 294 g/mol. The van der Waals surface area contributed by atoms with Crippen LogP contribution in [0.5, 0.6) is 0 Å². The van der Waals surface area contributed by atoms with E-state index in [2.05, 4.69) is 44.9 Å². The Morgan fingerprint density at radius 3 is 2.91 bits per heavy atom. The summed E-state index contributed by atoms with van der Waals surface area (Å²) < 4.78 is 6.34. The molecule has 0 radical (unpaired) electrons. The molecule has 1 aromatic carbocycles. The third-order valence-corrected chi connectivity index (χ3v) is 4.54. The zero-order valence-corrected chi connectivity index (χ0v) is 13.1. The Labute approximate surface area is 133 Å². The summed E-state index contributed by atoms with van der Waals surface area (Å²) in [6, 6.07) is 10.4. The number of nitrogens with zero attached hydrogens (tertiary/aromatic N) is 4. The minimum atomic E-state index is 0.139. The number of hydrogen-bond acceptors (Lipinski definition) is 5. The van der Waals surface area contributed by atoms with Gasteiger partial charge in [0.2, 0.25) is 5.13 Å². The molecule has 2 aromatic heterocycles. The molecule has 1 unspecified atom stereocenters. The number of aromatic nitrogens is 4. The maximum Gasteiger partial charge on any atom is 0.203 e. The lowest BCUT2D eigenvalue weighted by Crippen LogP contribution is -2.10. The number of anilines is 1. The van der Waals surface area contributed by atoms with Crippen molar-refractivity contribution in [1.29, 1.82) is 0 Å². The second kappa shape index (κ2) is 5.53. The van der Waals surface area contributed by atoms with Crippen molar-refractivity contribution in [1.82, 2.24) is 19.1 Å². The maximum absolute atomic E-state index is 4.60. The summed E-state index contributed by atoms with van der Waals surface area (Å²) >= 11 is 1.45. The summed E-state index contributed by atoms with van der Waals surface area (Å²) in [5, 5.41) is 8.70. The summed E-state index contributed by atoms with van der Waals surface area (Å²) in [4.78, 5) is 4.60. The highest BCUT2D eigenvalue weighted by atomic mass is 32.1. The van der Waals surface area contributed by atoms with E-state index in [1.165, 1.54) is 29.9 Å². The number of para-hydroxylation sites is 1. The van der Waals surface area contributed by atoms with Gasteiger partial charge in [-0.15, -0.1) is 0 Å². The lowest BCUT2D eigenvalue weighted by molar-refractivity contribution is 0.815. The van der Waals surface area contributed by atoms with Gasteiger partial charge < -0.3 is 5.32 Å². The van der Waals surface area contributed by atoms with Crippen LogP contribution in [0.15, 0.2) is 42.7 Å². The summed E-state index contributed by atoms with van der Waals surface area (Å²) in [5.41, 5.74) is 2.27. The van der Waals surface area contributed by atoms with Crippen LogP contribution in [0, 0.1) is 0 Å². The van der Waals surface area contributed by atoms with Crippen LogP contribution in [-0.4, -0.2) is 19.1 Å². The van der Waals surface area contributed by atoms with Crippen LogP contribution in [-0.2, 0) is 0 Å². The largest absolute Gasteiger partial charge is 0.354 e. The number of hydrogen-bond donors (Lipinski definition) is 1. The van der Waals surface area contributed by atoms with E-state index in [9.17, 15) is 0 Å². The van der Waals surface area contributed by atoms with Gasteiger partial charge >= 0.3 is 0 Å². The minimum absolute atomic E-state index is 0.139. The van der Waals surface area contributed by atoms with Crippen LogP contribution in [0.4, 0.5) is 5.13 Å². The quantitative estimate of drug-likeness (QED) is 0.779. The normalized spacial score (nSPS) is 15.7. The van der Waals surface area contributed by atoms with Crippen LogP contribution in [0.25, 0.3) is 5.69 Å². The number of nitrogens with one attached hydrogen (secondary N) is 1. The van der Waals surface area contributed by atoms with Crippen molar-refractivity contribution in [2.45, 2.75) is 31.7 Å². The van der Waals surface area contributed by atoms with E-state index >= 15 is 0 Å². The molecule has 112 valence electrons. The molecule has 1 fully saturated rings. The molecule has 1 saturated carbocycles. The Kier molecular flexibility index (Phi) is 3.38. The average Bonchev–Trinajstić information content (AvgIpc) is 3.06. The first-order chi connectivity index (χ1) is 10.8. The second-order valence-electron chi connectivity index (χ2n) is 5.61. The fourth-order valence-corrected chi connectivity index (χ4v) is 3.27. The highest BCUT2D eigenvalue weighted by Gasteiger charge is 2.28. The van der Waals surface area contributed by atoms with Crippen molar-refractivity contribution in [2.24, 2.45) is 0 Å². The van der Waals surface area contributed by atoms with Crippen molar-refractivity contribution >= 4 is 16.7 Å². The number of rotatable bonds is 5. The van der Waals surface area contributed by atoms with Crippen molar-refractivity contribution in [3.63, 3.8) is 0 Å². The Hall–Kier alpha value is -2.21. The Balaban J connectivity index is 1.58. The summed E-state index contributed by atoms with van der Waals surface area (Å²) in [5.74, 6) is 1.60. The van der Waals surface area contributed by atoms with Gasteiger partial charge in [0.05, 0.1) is 11.7 Å². The van der Waals surface area contributed by atoms with Gasteiger partial charge in [0, 0.05) is 29.8 Å². The van der Waals surface area contributed by atoms with Gasteiger partial charge in [0.1, 0.15) is 5.82 Å². The molecule has 0 saturated heterocycles. The molecule has 0 bridgehead atoms. The third-order valence-electron chi connectivity index (χ3n) is 3.88. The Morgan fingerprint density at radius 1 is 1.27 bits per heavy atom. The van der Waals surface area contributed by atoms with Crippen LogP contribution in [0.2, 0.25) is 0 Å². The first-order valence-electron chi connectivity index (χ1n) is 7.50. The SMILES string of the molecule is CC(Nc1nc(C2CC2)ns1)c1ccccc1-n1cccn1. The van der Waals surface area contributed by atoms with E-state index < -0.39 is 0 Å². The van der Waals surface area contributed by atoms with Gasteiger partial charge in [0.15, 0.2) is 0 Å². The Morgan fingerprint density at radius 2 is 2.14 bits per heavy atom. The van der Waals surface area contributed by atoms with Crippen LogP contribution in [0.3, 0.4) is 0 Å². The van der Waals surface area contributed by atoms with Crippen molar-refractivity contribution in [3.05, 3.63) is 54.1 Å². The predicted molar refractivity (Wildman–Crippen MR) is 87.5 cm³/mol. The molecule has 2 heterocycles. The number of benzene rings is 1. The lowest BCUT2D eigenvalue weighted by atomic mass is 10.1. The molecule has 22 heavy (non-hydrogen) atoms. The summed E-state index contributed by atoms with van der Waals surface area (Å²) in [6.45, 7) is 2.14. The minimum Gasteiger partial charge on any atom is -0.354 e. The van der Waals surface area contributed by atoms with Crippen LogP contribution in [0.1, 0.15) is 43.1 Å². The molecule has 1 aliphatic rings. The first-order valence-corrected chi connectivity index (χ1v) is 8.27. The first kappa shape index (κ1) is 13.5. The molecule has 1 aliphatic carbocycles. The van der Waals surface area contributed by atoms with E-state index in [-0.39, 0.29) is 6.04 Å². The van der Waals surface area contributed by atoms with E-state index in [0.717, 1.165) is 16.6 Å². The van der Waals surface area contributed by atoms with Crippen molar-refractivity contribution in [3.8, 4) is 5.69 Å². The molecule has 4 rings (SSSR count). The second-order valence-corrected chi connectivity index (χ2v) is 6.36. The van der Waals surface area contributed by atoms with Crippen molar-refractivity contribution < 1.29 is 0 Å². The van der Waals surface area contributed by atoms with Gasteiger partial charge in [-0.05, 0) is 37.5 Å². The van der Waals surface area contributed by atoms with Gasteiger partial charge in [-0.1, -0.05) is 18.2 Å². The van der Waals surface area contributed by atoms with Gasteiger partial charge in [-0.25, -0.2) is 9.67 Å². The average molecular weight is 311 g/mol. The molecule has 0 aliphatic heterocycles. The molecule has 5 nitrogen and oxygen atoms in total. The molecule has 0 amide bonds. The van der Waals surface area contributed by atoms with Crippen LogP contribution >= 0.6 is 11.5 Å². The highest BCUT2D eigenvalue weighted by molar-refractivity contribution is 7.09.